The molecule has 1 saturated carbocycles. The molecule has 230 valence electrons. The van der Waals surface area contributed by atoms with E-state index in [0.29, 0.717) is 33.0 Å². The Morgan fingerprint density at radius 3 is 1.56 bits per heavy atom. The van der Waals surface area contributed by atoms with Gasteiger partial charge in [-0.15, -0.1) is 0 Å². The smallest absolute Gasteiger partial charge is 0.172 e. The largest absolute Gasteiger partial charge is 0.376 e. The zero-order valence-corrected chi connectivity index (χ0v) is 26.5. The summed E-state index contributed by atoms with van der Waals surface area (Å²) in [6.07, 6.45) is 1.61. The van der Waals surface area contributed by atoms with E-state index >= 15 is 0 Å². The molecule has 0 aromatic heterocycles. The molecule has 4 aromatic rings. The minimum absolute atomic E-state index is 0.0178. The van der Waals surface area contributed by atoms with Crippen molar-refractivity contribution in [2.45, 2.75) is 45.9 Å². The van der Waals surface area contributed by atoms with Crippen molar-refractivity contribution in [3.05, 3.63) is 166 Å². The Kier molecular flexibility index (Phi) is 9.85. The number of allylic oxidation sites excluding steroid dienone is 2. The summed E-state index contributed by atoms with van der Waals surface area (Å²) in [6, 6.07) is 41.8. The number of benzene rings is 4. The molecule has 2 aliphatic rings. The molecule has 6 rings (SSSR count). The van der Waals surface area contributed by atoms with E-state index in [1.807, 2.05) is 43.3 Å². The lowest BCUT2D eigenvalue weighted by Crippen LogP contribution is -2.37. The highest BCUT2D eigenvalue weighted by Gasteiger charge is 2.43. The van der Waals surface area contributed by atoms with Crippen LogP contribution in [0.1, 0.15) is 55.0 Å². The van der Waals surface area contributed by atoms with E-state index in [0.717, 1.165) is 36.1 Å². The first-order valence-corrected chi connectivity index (χ1v) is 16.0. The Balaban J connectivity index is 1.30. The highest BCUT2D eigenvalue weighted by Crippen LogP contribution is 2.49. The van der Waals surface area contributed by atoms with Crippen molar-refractivity contribution in [2.24, 2.45) is 5.41 Å². The summed E-state index contributed by atoms with van der Waals surface area (Å²) in [4.78, 5) is 16.4. The molecule has 0 saturated heterocycles. The summed E-state index contributed by atoms with van der Waals surface area (Å²) in [5, 5.41) is 0. The van der Waals surface area contributed by atoms with Gasteiger partial charge in [0.15, 0.2) is 5.78 Å². The average Bonchev–Trinajstić information content (AvgIpc) is 3.45. The third-order valence-electron chi connectivity index (χ3n) is 9.28. The molecule has 0 spiro atoms. The van der Waals surface area contributed by atoms with Gasteiger partial charge < -0.3 is 9.47 Å². The van der Waals surface area contributed by atoms with Gasteiger partial charge >= 0.3 is 0 Å². The number of carbonyl (C=O) groups is 1. The topological polar surface area (TPSA) is 38.8 Å². The van der Waals surface area contributed by atoms with E-state index < -0.39 is 0 Å². The number of rotatable bonds is 11. The predicted molar refractivity (Wildman–Crippen MR) is 181 cm³/mol. The minimum Gasteiger partial charge on any atom is -0.376 e. The maximum atomic E-state index is 14.0. The molecule has 1 aliphatic carbocycles. The molecular formula is C41H43NO3. The first-order valence-electron chi connectivity index (χ1n) is 16.0. The van der Waals surface area contributed by atoms with Gasteiger partial charge in [0.05, 0.1) is 39.0 Å². The lowest BCUT2D eigenvalue weighted by molar-refractivity contribution is -0.117. The third-order valence-corrected chi connectivity index (χ3v) is 9.28. The van der Waals surface area contributed by atoms with Crippen molar-refractivity contribution >= 4 is 5.78 Å². The van der Waals surface area contributed by atoms with Gasteiger partial charge in [0.2, 0.25) is 0 Å². The monoisotopic (exact) mass is 597 g/mol. The first-order chi connectivity index (χ1) is 22.0. The van der Waals surface area contributed by atoms with Gasteiger partial charge in [-0.05, 0) is 65.7 Å². The zero-order chi connectivity index (χ0) is 31.1. The number of hydrogen-bond acceptors (Lipinski definition) is 4. The maximum Gasteiger partial charge on any atom is 0.172 e. The molecule has 1 heterocycles. The summed E-state index contributed by atoms with van der Waals surface area (Å²) in [7, 11) is 0. The summed E-state index contributed by atoms with van der Waals surface area (Å²) in [5.41, 5.74) is 9.16. The fourth-order valence-electron chi connectivity index (χ4n) is 6.95. The third kappa shape index (κ3) is 7.42. The number of hydrogen-bond donors (Lipinski definition) is 0. The lowest BCUT2D eigenvalue weighted by atomic mass is 9.87. The van der Waals surface area contributed by atoms with Gasteiger partial charge in [-0.3, -0.25) is 9.69 Å². The van der Waals surface area contributed by atoms with Gasteiger partial charge in [0.1, 0.15) is 0 Å². The average molecular weight is 598 g/mol. The highest BCUT2D eigenvalue weighted by atomic mass is 16.5. The Morgan fingerprint density at radius 2 is 1.07 bits per heavy atom. The maximum absolute atomic E-state index is 14.0. The van der Waals surface area contributed by atoms with Crippen LogP contribution in [0.4, 0.5) is 0 Å². The summed E-state index contributed by atoms with van der Waals surface area (Å²) in [6.45, 7) is 7.62. The van der Waals surface area contributed by atoms with Crippen LogP contribution in [-0.2, 0) is 27.5 Å². The normalized spacial score (nSPS) is 17.0. The Hall–Kier alpha value is -4.09. The fraction of sp³-hybridized carbons (Fsp3) is 0.293. The van der Waals surface area contributed by atoms with Gasteiger partial charge in [-0.2, -0.15) is 0 Å². The Morgan fingerprint density at radius 1 is 0.622 bits per heavy atom. The van der Waals surface area contributed by atoms with E-state index in [2.05, 4.69) is 96.8 Å². The lowest BCUT2D eigenvalue weighted by Gasteiger charge is -2.34. The van der Waals surface area contributed by atoms with Crippen molar-refractivity contribution in [1.29, 1.82) is 0 Å². The predicted octanol–water partition coefficient (Wildman–Crippen LogP) is 8.51. The van der Waals surface area contributed by atoms with E-state index in [4.69, 9.17) is 9.47 Å². The second-order valence-corrected chi connectivity index (χ2v) is 12.7. The van der Waals surface area contributed by atoms with Crippen molar-refractivity contribution in [3.63, 3.8) is 0 Å². The van der Waals surface area contributed by atoms with Gasteiger partial charge in [0, 0.05) is 12.0 Å². The van der Waals surface area contributed by atoms with Crippen LogP contribution in [0, 0.1) is 5.41 Å². The van der Waals surface area contributed by atoms with E-state index in [-0.39, 0.29) is 17.2 Å². The second kappa shape index (κ2) is 14.3. The first kappa shape index (κ1) is 30.9. The van der Waals surface area contributed by atoms with Crippen LogP contribution in [-0.4, -0.2) is 37.0 Å². The van der Waals surface area contributed by atoms with Gasteiger partial charge in [-0.1, -0.05) is 127 Å². The van der Waals surface area contributed by atoms with Gasteiger partial charge in [-0.25, -0.2) is 0 Å². The second-order valence-electron chi connectivity index (χ2n) is 12.7. The van der Waals surface area contributed by atoms with E-state index in [9.17, 15) is 4.79 Å². The molecule has 0 bridgehead atoms. The van der Waals surface area contributed by atoms with Crippen molar-refractivity contribution in [2.75, 3.05) is 26.3 Å². The molecule has 0 radical (unpaired) electrons. The van der Waals surface area contributed by atoms with Crippen LogP contribution in [0.2, 0.25) is 0 Å². The molecule has 0 atom stereocenters. The summed E-state index contributed by atoms with van der Waals surface area (Å²) in [5.74, 6) is 0.193. The van der Waals surface area contributed by atoms with Gasteiger partial charge in [0.25, 0.3) is 0 Å². The molecule has 1 aliphatic heterocycles. The Labute approximate surface area is 268 Å². The van der Waals surface area contributed by atoms with Crippen LogP contribution >= 0.6 is 0 Å². The number of carbonyl (C=O) groups excluding carboxylic acids is 1. The molecule has 0 N–H and O–H groups in total. The number of ketones is 1. The molecule has 1 fully saturated rings. The standard InChI is InChI=1S/C41H43NO3/c1-31-25-42(40(35-19-11-5-12-20-35)36-21-13-6-14-22-36)26-39(43)32(2)38-24-41(23-37(31)38,29-44-27-33-15-7-3-8-16-33)30-45-28-34-17-9-4-10-18-34/h3-22,40H,23-30H2,1-2H3. The van der Waals surface area contributed by atoms with Crippen LogP contribution in [0.5, 0.6) is 0 Å². The van der Waals surface area contributed by atoms with E-state index in [1.165, 1.54) is 27.8 Å². The number of Topliss-reactive ketones (excluding diaryl/α,β-unsaturated/α-hetero) is 1. The summed E-state index contributed by atoms with van der Waals surface area (Å²) >= 11 is 0. The molecule has 4 aromatic carbocycles. The van der Waals surface area contributed by atoms with Crippen molar-refractivity contribution in [1.82, 2.24) is 4.90 Å². The van der Waals surface area contributed by atoms with Crippen LogP contribution in [0.15, 0.2) is 144 Å². The number of ether oxygens (including phenoxy) is 2. The number of nitrogens with zero attached hydrogens (tertiary/aromatic N) is 1. The Bertz CT molecular complexity index is 1540. The van der Waals surface area contributed by atoms with Crippen molar-refractivity contribution in [3.8, 4) is 0 Å². The van der Waals surface area contributed by atoms with E-state index in [1.54, 1.807) is 0 Å². The molecule has 4 nitrogen and oxygen atoms in total. The molecule has 45 heavy (non-hydrogen) atoms. The van der Waals surface area contributed by atoms with Crippen LogP contribution in [0.3, 0.4) is 0 Å². The SMILES string of the molecule is CC1=C2CC(COCc3ccccc3)(COCc3ccccc3)CC2=C(C)C(=O)CN(C(c2ccccc2)c2ccccc2)C1. The van der Waals surface area contributed by atoms with Crippen molar-refractivity contribution < 1.29 is 14.3 Å². The zero-order valence-electron chi connectivity index (χ0n) is 26.5. The molecule has 0 amide bonds. The summed E-state index contributed by atoms with van der Waals surface area (Å²) < 4.78 is 12.9. The number of fused-ring (bicyclic) bond motifs is 1. The quantitative estimate of drug-likeness (QED) is 0.174. The molecular weight excluding hydrogens is 554 g/mol. The fourth-order valence-corrected chi connectivity index (χ4v) is 6.95. The minimum atomic E-state index is -0.246. The molecule has 4 heteroatoms. The molecule has 0 unspecified atom stereocenters. The van der Waals surface area contributed by atoms with Crippen LogP contribution in [0.25, 0.3) is 0 Å². The highest BCUT2D eigenvalue weighted by molar-refractivity contribution is 5.98. The van der Waals surface area contributed by atoms with Crippen LogP contribution < -0.4 is 0 Å².